The van der Waals surface area contributed by atoms with Crippen LogP contribution in [-0.4, -0.2) is 42.4 Å². The van der Waals surface area contributed by atoms with E-state index in [1.54, 1.807) is 0 Å². The van der Waals surface area contributed by atoms with Crippen molar-refractivity contribution in [1.29, 1.82) is 0 Å². The zero-order chi connectivity index (χ0) is 18.6. The zero-order valence-corrected chi connectivity index (χ0v) is 19.5. The standard InChI is InChI=1S/C16H35N.C7H16.Li/c1-6-7-8-9-10-11-12-13-14-17(15(2)3)16(4)5;1-3-5-7-6-4-2;/h15-16H,6-14H2,1-5H3;3-7H2,1-2H3;. The third-order valence-electron chi connectivity index (χ3n) is 4.80. The molecular formula is C23H51LiN. The number of hydrogen-bond donors (Lipinski definition) is 0. The van der Waals surface area contributed by atoms with Crippen LogP contribution in [0.3, 0.4) is 0 Å². The first-order valence-corrected chi connectivity index (χ1v) is 11.3. The van der Waals surface area contributed by atoms with Crippen LogP contribution in [0, 0.1) is 0 Å². The molecule has 0 saturated heterocycles. The van der Waals surface area contributed by atoms with E-state index in [0.717, 1.165) is 0 Å². The Labute approximate surface area is 174 Å². The van der Waals surface area contributed by atoms with Gasteiger partial charge in [0.1, 0.15) is 0 Å². The van der Waals surface area contributed by atoms with Crippen LogP contribution < -0.4 is 0 Å². The van der Waals surface area contributed by atoms with Gasteiger partial charge in [-0.3, -0.25) is 4.90 Å². The van der Waals surface area contributed by atoms with Gasteiger partial charge in [-0.15, -0.1) is 0 Å². The van der Waals surface area contributed by atoms with Crippen molar-refractivity contribution in [3.8, 4) is 0 Å². The largest absolute Gasteiger partial charge is 0.299 e. The fraction of sp³-hybridized carbons (Fsp3) is 1.00. The van der Waals surface area contributed by atoms with Gasteiger partial charge in [-0.05, 0) is 40.7 Å². The van der Waals surface area contributed by atoms with E-state index >= 15 is 0 Å². The summed E-state index contributed by atoms with van der Waals surface area (Å²) in [6.07, 6.45) is 18.4. The molecule has 0 aromatic carbocycles. The van der Waals surface area contributed by atoms with Crippen LogP contribution >= 0.6 is 0 Å². The Morgan fingerprint density at radius 1 is 0.480 bits per heavy atom. The van der Waals surface area contributed by atoms with Gasteiger partial charge >= 0.3 is 0 Å². The van der Waals surface area contributed by atoms with E-state index in [1.807, 2.05) is 0 Å². The van der Waals surface area contributed by atoms with Gasteiger partial charge in [0.15, 0.2) is 0 Å². The van der Waals surface area contributed by atoms with Gasteiger partial charge in [0.25, 0.3) is 0 Å². The first-order chi connectivity index (χ1) is 11.5. The molecular weight excluding hydrogens is 297 g/mol. The maximum absolute atomic E-state index is 2.61. The molecule has 0 aromatic heterocycles. The molecule has 0 fully saturated rings. The molecule has 25 heavy (non-hydrogen) atoms. The molecule has 0 aliphatic carbocycles. The van der Waals surface area contributed by atoms with Gasteiger partial charge in [-0.1, -0.05) is 97.8 Å². The summed E-state index contributed by atoms with van der Waals surface area (Å²) in [5.74, 6) is 0. The maximum Gasteiger partial charge on any atom is 0.00412 e. The van der Waals surface area contributed by atoms with Crippen LogP contribution in [0.1, 0.15) is 132 Å². The Kier molecular flexibility index (Phi) is 29.8. The first-order valence-electron chi connectivity index (χ1n) is 11.3. The van der Waals surface area contributed by atoms with E-state index in [9.17, 15) is 0 Å². The fourth-order valence-electron chi connectivity index (χ4n) is 3.22. The molecule has 149 valence electrons. The zero-order valence-electron chi connectivity index (χ0n) is 19.5. The van der Waals surface area contributed by atoms with Crippen molar-refractivity contribution >= 4 is 18.9 Å². The predicted molar refractivity (Wildman–Crippen MR) is 120 cm³/mol. The Balaban J connectivity index is -0.000000513. The van der Waals surface area contributed by atoms with Crippen LogP contribution in [0.2, 0.25) is 0 Å². The summed E-state index contributed by atoms with van der Waals surface area (Å²) in [5, 5.41) is 0. The molecule has 0 rings (SSSR count). The van der Waals surface area contributed by atoms with Gasteiger partial charge in [0.2, 0.25) is 0 Å². The van der Waals surface area contributed by atoms with Crippen molar-refractivity contribution in [3.63, 3.8) is 0 Å². The summed E-state index contributed by atoms with van der Waals surface area (Å²) in [4.78, 5) is 2.61. The Hall–Kier alpha value is 0.557. The van der Waals surface area contributed by atoms with Crippen LogP contribution in [0.15, 0.2) is 0 Å². The number of nitrogens with zero attached hydrogens (tertiary/aromatic N) is 1. The second-order valence-corrected chi connectivity index (χ2v) is 7.96. The van der Waals surface area contributed by atoms with E-state index in [2.05, 4.69) is 53.4 Å². The molecule has 0 N–H and O–H groups in total. The minimum Gasteiger partial charge on any atom is -0.299 e. The van der Waals surface area contributed by atoms with Crippen LogP contribution in [0.5, 0.6) is 0 Å². The van der Waals surface area contributed by atoms with Crippen molar-refractivity contribution in [2.75, 3.05) is 6.54 Å². The van der Waals surface area contributed by atoms with E-state index in [1.165, 1.54) is 90.0 Å². The molecule has 0 atom stereocenters. The normalized spacial score (nSPS) is 10.8. The Bertz CT molecular complexity index is 204. The Morgan fingerprint density at radius 3 is 1.08 bits per heavy atom. The molecule has 0 saturated carbocycles. The molecule has 0 aromatic rings. The smallest absolute Gasteiger partial charge is 0.00412 e. The van der Waals surface area contributed by atoms with Gasteiger partial charge in [0.05, 0.1) is 0 Å². The molecule has 0 aliphatic heterocycles. The summed E-state index contributed by atoms with van der Waals surface area (Å²) in [7, 11) is 0. The van der Waals surface area contributed by atoms with E-state index in [4.69, 9.17) is 0 Å². The molecule has 0 heterocycles. The number of hydrogen-bond acceptors (Lipinski definition) is 1. The van der Waals surface area contributed by atoms with E-state index in [-0.39, 0.29) is 18.9 Å². The third-order valence-corrected chi connectivity index (χ3v) is 4.80. The molecule has 1 nitrogen and oxygen atoms in total. The van der Waals surface area contributed by atoms with Crippen LogP contribution in [-0.2, 0) is 0 Å². The van der Waals surface area contributed by atoms with Crippen LogP contribution in [0.4, 0.5) is 0 Å². The molecule has 2 heteroatoms. The molecule has 0 bridgehead atoms. The van der Waals surface area contributed by atoms with E-state index in [0.29, 0.717) is 12.1 Å². The van der Waals surface area contributed by atoms with Crippen molar-refractivity contribution in [3.05, 3.63) is 0 Å². The summed E-state index contributed by atoms with van der Waals surface area (Å²) >= 11 is 0. The topological polar surface area (TPSA) is 3.24 Å². The second kappa shape index (κ2) is 24.6. The monoisotopic (exact) mass is 348 g/mol. The van der Waals surface area contributed by atoms with Crippen molar-refractivity contribution in [1.82, 2.24) is 4.90 Å². The van der Waals surface area contributed by atoms with E-state index < -0.39 is 0 Å². The maximum atomic E-state index is 2.61. The first kappa shape index (κ1) is 30.3. The van der Waals surface area contributed by atoms with Gasteiger partial charge in [0, 0.05) is 30.9 Å². The van der Waals surface area contributed by atoms with Crippen molar-refractivity contribution < 1.29 is 0 Å². The molecule has 0 spiro atoms. The summed E-state index contributed by atoms with van der Waals surface area (Å²) in [5.41, 5.74) is 0. The summed E-state index contributed by atoms with van der Waals surface area (Å²) < 4.78 is 0. The minimum absolute atomic E-state index is 0. The second-order valence-electron chi connectivity index (χ2n) is 7.96. The third kappa shape index (κ3) is 24.6. The van der Waals surface area contributed by atoms with Crippen molar-refractivity contribution in [2.45, 2.75) is 144 Å². The van der Waals surface area contributed by atoms with Gasteiger partial charge < -0.3 is 0 Å². The quantitative estimate of drug-likeness (QED) is 0.215. The molecule has 0 unspecified atom stereocenters. The number of unbranched alkanes of at least 4 members (excludes halogenated alkanes) is 11. The fourth-order valence-corrected chi connectivity index (χ4v) is 3.22. The van der Waals surface area contributed by atoms with Crippen molar-refractivity contribution in [2.24, 2.45) is 0 Å². The molecule has 0 amide bonds. The average molecular weight is 349 g/mol. The van der Waals surface area contributed by atoms with Gasteiger partial charge in [-0.25, -0.2) is 0 Å². The number of rotatable bonds is 15. The SMILES string of the molecule is CCCCCCC.CCCCCCCCCCN(C(C)C)C(C)C.[Li]. The molecule has 0 aliphatic rings. The molecule has 1 radical (unpaired) electrons. The summed E-state index contributed by atoms with van der Waals surface area (Å²) in [6.45, 7) is 17.3. The van der Waals surface area contributed by atoms with Gasteiger partial charge in [-0.2, -0.15) is 0 Å². The minimum atomic E-state index is 0. The predicted octanol–water partition coefficient (Wildman–Crippen LogP) is 7.84. The average Bonchev–Trinajstić information content (AvgIpc) is 2.54. The summed E-state index contributed by atoms with van der Waals surface area (Å²) in [6, 6.07) is 1.39. The van der Waals surface area contributed by atoms with Crippen LogP contribution in [0.25, 0.3) is 0 Å². The Morgan fingerprint density at radius 2 is 0.760 bits per heavy atom.